The maximum Gasteiger partial charge on any atom is 0.282 e. The highest BCUT2D eigenvalue weighted by Crippen LogP contribution is 2.35. The van der Waals surface area contributed by atoms with E-state index < -0.39 is 15.9 Å². The molecule has 8 heteroatoms. The number of rotatable bonds is 4. The van der Waals surface area contributed by atoms with Crippen LogP contribution in [0.15, 0.2) is 79.9 Å². The highest BCUT2D eigenvalue weighted by molar-refractivity contribution is 9.13. The number of carbonyl (C=O) groups excluding carboxylic acids is 1. The van der Waals surface area contributed by atoms with E-state index >= 15 is 0 Å². The van der Waals surface area contributed by atoms with Gasteiger partial charge in [-0.3, -0.25) is 4.79 Å². The van der Waals surface area contributed by atoms with Gasteiger partial charge in [-0.15, -0.1) is 11.3 Å². The van der Waals surface area contributed by atoms with Gasteiger partial charge >= 0.3 is 0 Å². The second kappa shape index (κ2) is 7.41. The fourth-order valence-corrected chi connectivity index (χ4v) is 5.63. The molecule has 0 aliphatic heterocycles. The number of hydrogen-bond acceptors (Lipinski definition) is 4. The molecule has 0 spiro atoms. The van der Waals surface area contributed by atoms with Crippen LogP contribution in [0.5, 0.6) is 0 Å². The monoisotopic (exact) mass is 499 g/mol. The number of nitrogens with zero attached hydrogens (tertiary/aromatic N) is 1. The van der Waals surface area contributed by atoms with Crippen LogP contribution in [0.3, 0.4) is 0 Å². The van der Waals surface area contributed by atoms with E-state index in [0.29, 0.717) is 9.35 Å². The SMILES string of the molecule is O=C(c1cc(Br)c(Br)s1)N(c1ccccc1)S(=O)(=O)c1ccccc1. The first-order valence-corrected chi connectivity index (χ1v) is 10.9. The van der Waals surface area contributed by atoms with E-state index in [1.165, 1.54) is 23.5 Å². The minimum absolute atomic E-state index is 0.0573. The van der Waals surface area contributed by atoms with Crippen LogP contribution >= 0.6 is 43.2 Å². The first kappa shape index (κ1) is 18.3. The normalized spacial score (nSPS) is 11.3. The molecule has 128 valence electrons. The molecule has 1 amide bonds. The first-order chi connectivity index (χ1) is 11.9. The van der Waals surface area contributed by atoms with Crippen molar-refractivity contribution >= 4 is 64.8 Å². The number of hydrogen-bond donors (Lipinski definition) is 0. The van der Waals surface area contributed by atoms with E-state index in [-0.39, 0.29) is 10.6 Å². The molecule has 0 N–H and O–H groups in total. The largest absolute Gasteiger partial charge is 0.282 e. The van der Waals surface area contributed by atoms with Gasteiger partial charge in [-0.05, 0) is 62.2 Å². The number of para-hydroxylation sites is 1. The van der Waals surface area contributed by atoms with Crippen LogP contribution < -0.4 is 4.31 Å². The Hall–Kier alpha value is -1.48. The molecular weight excluding hydrogens is 490 g/mol. The third-order valence-electron chi connectivity index (χ3n) is 3.31. The Morgan fingerprint density at radius 3 is 2.00 bits per heavy atom. The minimum Gasteiger partial charge on any atom is -0.267 e. The van der Waals surface area contributed by atoms with Gasteiger partial charge in [-0.25, -0.2) is 8.42 Å². The van der Waals surface area contributed by atoms with Gasteiger partial charge in [0.1, 0.15) is 0 Å². The van der Waals surface area contributed by atoms with Crippen molar-refractivity contribution < 1.29 is 13.2 Å². The van der Waals surface area contributed by atoms with Crippen LogP contribution in [0.1, 0.15) is 9.67 Å². The number of amides is 1. The molecule has 3 rings (SSSR count). The summed E-state index contributed by atoms with van der Waals surface area (Å²) in [7, 11) is -4.05. The van der Waals surface area contributed by atoms with Gasteiger partial charge in [0.15, 0.2) is 0 Å². The summed E-state index contributed by atoms with van der Waals surface area (Å²) in [6.07, 6.45) is 0. The molecule has 4 nitrogen and oxygen atoms in total. The first-order valence-electron chi connectivity index (χ1n) is 7.06. The van der Waals surface area contributed by atoms with E-state index in [2.05, 4.69) is 31.9 Å². The Kier molecular flexibility index (Phi) is 5.43. The van der Waals surface area contributed by atoms with Gasteiger partial charge in [0, 0.05) is 4.47 Å². The number of sulfonamides is 1. The van der Waals surface area contributed by atoms with Crippen molar-refractivity contribution in [3.05, 3.63) is 79.9 Å². The third-order valence-corrected chi connectivity index (χ3v) is 8.28. The van der Waals surface area contributed by atoms with Crippen molar-refractivity contribution in [3.8, 4) is 0 Å². The number of halogens is 2. The average Bonchev–Trinajstić information content (AvgIpc) is 2.96. The van der Waals surface area contributed by atoms with Gasteiger partial charge in [-0.1, -0.05) is 36.4 Å². The van der Waals surface area contributed by atoms with Crippen LogP contribution in [-0.4, -0.2) is 14.3 Å². The van der Waals surface area contributed by atoms with E-state index in [0.717, 1.165) is 8.09 Å². The van der Waals surface area contributed by atoms with Crippen LogP contribution in [0.2, 0.25) is 0 Å². The van der Waals surface area contributed by atoms with E-state index in [9.17, 15) is 13.2 Å². The lowest BCUT2D eigenvalue weighted by molar-refractivity contribution is 0.101. The maximum atomic E-state index is 13.1. The molecule has 0 radical (unpaired) electrons. The fraction of sp³-hybridized carbons (Fsp3) is 0. The fourth-order valence-electron chi connectivity index (χ4n) is 2.18. The van der Waals surface area contributed by atoms with Gasteiger partial charge in [-0.2, -0.15) is 4.31 Å². The highest BCUT2D eigenvalue weighted by Gasteiger charge is 2.32. The van der Waals surface area contributed by atoms with Crippen molar-refractivity contribution in [2.45, 2.75) is 4.90 Å². The highest BCUT2D eigenvalue weighted by atomic mass is 79.9. The molecule has 0 aliphatic rings. The molecule has 3 aromatic rings. The van der Waals surface area contributed by atoms with Crippen LogP contribution in [-0.2, 0) is 10.0 Å². The van der Waals surface area contributed by atoms with E-state index in [1.807, 2.05) is 0 Å². The smallest absolute Gasteiger partial charge is 0.267 e. The summed E-state index contributed by atoms with van der Waals surface area (Å²) in [6.45, 7) is 0. The molecule has 0 aliphatic carbocycles. The summed E-state index contributed by atoms with van der Waals surface area (Å²) in [5.41, 5.74) is 0.289. The Morgan fingerprint density at radius 1 is 0.920 bits per heavy atom. The minimum atomic E-state index is -4.05. The third kappa shape index (κ3) is 3.72. The number of thiophene rings is 1. The van der Waals surface area contributed by atoms with Crippen molar-refractivity contribution in [1.29, 1.82) is 0 Å². The standard InChI is InChI=1S/C17H11Br2NO3S2/c18-14-11-15(24-16(14)19)17(21)20(12-7-3-1-4-8-12)25(22,23)13-9-5-2-6-10-13/h1-11H. The van der Waals surface area contributed by atoms with Crippen LogP contribution in [0.25, 0.3) is 0 Å². The van der Waals surface area contributed by atoms with Gasteiger partial charge in [0.2, 0.25) is 0 Å². The number of carbonyl (C=O) groups is 1. The Labute approximate surface area is 166 Å². The number of anilines is 1. The molecule has 0 fully saturated rings. The summed E-state index contributed by atoms with van der Waals surface area (Å²) in [5.74, 6) is -0.605. The Bertz CT molecular complexity index is 983. The van der Waals surface area contributed by atoms with Crippen molar-refractivity contribution in [1.82, 2.24) is 0 Å². The van der Waals surface area contributed by atoms with E-state index in [1.54, 1.807) is 54.6 Å². The molecular formula is C17H11Br2NO3S2. The average molecular weight is 501 g/mol. The van der Waals surface area contributed by atoms with Crippen LogP contribution in [0, 0.1) is 0 Å². The molecule has 2 aromatic carbocycles. The maximum absolute atomic E-state index is 13.1. The van der Waals surface area contributed by atoms with Crippen LogP contribution in [0.4, 0.5) is 5.69 Å². The summed E-state index contributed by atoms with van der Waals surface area (Å²) in [4.78, 5) is 13.4. The van der Waals surface area contributed by atoms with Gasteiger partial charge < -0.3 is 0 Å². The zero-order valence-electron chi connectivity index (χ0n) is 12.6. The molecule has 1 heterocycles. The van der Waals surface area contributed by atoms with Gasteiger partial charge in [0.05, 0.1) is 19.2 Å². The van der Waals surface area contributed by atoms with Gasteiger partial charge in [0.25, 0.3) is 15.9 Å². The molecule has 0 unspecified atom stereocenters. The number of benzene rings is 2. The summed E-state index contributed by atoms with van der Waals surface area (Å²) in [6, 6.07) is 17.8. The summed E-state index contributed by atoms with van der Waals surface area (Å²) < 4.78 is 28.5. The Morgan fingerprint density at radius 2 is 1.48 bits per heavy atom. The second-order valence-corrected chi connectivity index (χ2v) is 9.97. The van der Waals surface area contributed by atoms with E-state index in [4.69, 9.17) is 0 Å². The summed E-state index contributed by atoms with van der Waals surface area (Å²) >= 11 is 7.84. The Balaban J connectivity index is 2.16. The lowest BCUT2D eigenvalue weighted by Crippen LogP contribution is -2.36. The molecule has 25 heavy (non-hydrogen) atoms. The zero-order chi connectivity index (χ0) is 18.0. The molecule has 0 saturated heterocycles. The van der Waals surface area contributed by atoms with Crippen molar-refractivity contribution in [2.24, 2.45) is 0 Å². The lowest BCUT2D eigenvalue weighted by Gasteiger charge is -2.22. The topological polar surface area (TPSA) is 54.5 Å². The van der Waals surface area contributed by atoms with Crippen molar-refractivity contribution in [2.75, 3.05) is 4.31 Å². The molecule has 1 aromatic heterocycles. The van der Waals surface area contributed by atoms with Crippen molar-refractivity contribution in [3.63, 3.8) is 0 Å². The summed E-state index contributed by atoms with van der Waals surface area (Å²) in [5, 5.41) is 0. The molecule has 0 saturated carbocycles. The predicted octanol–water partition coefficient (Wildman–Crippen LogP) is 5.31. The zero-order valence-corrected chi connectivity index (χ0v) is 17.4. The second-order valence-electron chi connectivity index (χ2n) is 4.96. The molecule has 0 bridgehead atoms. The molecule has 0 atom stereocenters. The predicted molar refractivity (Wildman–Crippen MR) is 107 cm³/mol. The quantitative estimate of drug-likeness (QED) is 0.487. The lowest BCUT2D eigenvalue weighted by atomic mass is 10.3.